The molecule has 1 atom stereocenters. The quantitative estimate of drug-likeness (QED) is 0.875. The van der Waals surface area contributed by atoms with Crippen LogP contribution in [-0.2, 0) is 9.59 Å². The highest BCUT2D eigenvalue weighted by Gasteiger charge is 2.33. The van der Waals surface area contributed by atoms with Gasteiger partial charge in [-0.05, 0) is 25.0 Å². The first-order valence-corrected chi connectivity index (χ1v) is 6.41. The summed E-state index contributed by atoms with van der Waals surface area (Å²) in [6, 6.07) is 6.27. The number of benzene rings is 1. The molecule has 1 amide bonds. The Balaban J connectivity index is 1.97. The molecule has 1 saturated heterocycles. The van der Waals surface area contributed by atoms with E-state index in [4.69, 9.17) is 14.6 Å². The van der Waals surface area contributed by atoms with Gasteiger partial charge in [0.2, 0.25) is 0 Å². The number of carboxylic acid groups (broad SMARTS) is 1. The third-order valence-corrected chi connectivity index (χ3v) is 3.28. The van der Waals surface area contributed by atoms with Gasteiger partial charge in [-0.25, -0.2) is 4.79 Å². The lowest BCUT2D eigenvalue weighted by molar-refractivity contribution is -0.149. The fourth-order valence-corrected chi connectivity index (χ4v) is 2.28. The van der Waals surface area contributed by atoms with Crippen LogP contribution in [0.2, 0.25) is 0 Å². The summed E-state index contributed by atoms with van der Waals surface area (Å²) >= 11 is 0. The molecule has 0 saturated carbocycles. The summed E-state index contributed by atoms with van der Waals surface area (Å²) in [7, 11) is 1.52. The molecule has 20 heavy (non-hydrogen) atoms. The predicted molar refractivity (Wildman–Crippen MR) is 70.9 cm³/mol. The number of nitrogens with zero attached hydrogens (tertiary/aromatic N) is 1. The van der Waals surface area contributed by atoms with E-state index in [0.29, 0.717) is 30.9 Å². The van der Waals surface area contributed by atoms with Crippen molar-refractivity contribution in [2.45, 2.75) is 18.9 Å². The standard InChI is InChI=1S/C14H17NO5/c1-19-11-6-2-3-7-12(11)20-9-13(16)15-8-4-5-10(15)14(17)18/h2-3,6-7,10H,4-5,8-9H2,1H3,(H,17,18)/t10-/m0/s1. The molecule has 0 aromatic heterocycles. The summed E-state index contributed by atoms with van der Waals surface area (Å²) in [4.78, 5) is 24.4. The molecule has 0 aliphatic carbocycles. The first-order chi connectivity index (χ1) is 9.63. The van der Waals surface area contributed by atoms with Crippen molar-refractivity contribution in [2.24, 2.45) is 0 Å². The van der Waals surface area contributed by atoms with Gasteiger partial charge < -0.3 is 19.5 Å². The molecule has 0 radical (unpaired) electrons. The second-order valence-electron chi connectivity index (χ2n) is 4.52. The lowest BCUT2D eigenvalue weighted by atomic mass is 10.2. The number of carbonyl (C=O) groups is 2. The topological polar surface area (TPSA) is 76.1 Å². The summed E-state index contributed by atoms with van der Waals surface area (Å²) in [6.07, 6.45) is 1.20. The van der Waals surface area contributed by atoms with Crippen LogP contribution >= 0.6 is 0 Å². The maximum absolute atomic E-state index is 12.0. The normalized spacial score (nSPS) is 17.9. The van der Waals surface area contributed by atoms with Crippen LogP contribution in [0.5, 0.6) is 11.5 Å². The zero-order valence-corrected chi connectivity index (χ0v) is 11.2. The zero-order valence-electron chi connectivity index (χ0n) is 11.2. The monoisotopic (exact) mass is 279 g/mol. The highest BCUT2D eigenvalue weighted by atomic mass is 16.5. The van der Waals surface area contributed by atoms with E-state index in [2.05, 4.69) is 0 Å². The molecule has 1 aromatic rings. The Morgan fingerprint density at radius 1 is 1.35 bits per heavy atom. The highest BCUT2D eigenvalue weighted by molar-refractivity contribution is 5.85. The summed E-state index contributed by atoms with van der Waals surface area (Å²) < 4.78 is 10.5. The van der Waals surface area contributed by atoms with Crippen LogP contribution in [0.3, 0.4) is 0 Å². The van der Waals surface area contributed by atoms with Gasteiger partial charge in [-0.3, -0.25) is 4.79 Å². The first-order valence-electron chi connectivity index (χ1n) is 6.41. The number of carbonyl (C=O) groups excluding carboxylic acids is 1. The number of methoxy groups -OCH3 is 1. The number of aliphatic carboxylic acids is 1. The Morgan fingerprint density at radius 3 is 2.70 bits per heavy atom. The molecule has 6 nitrogen and oxygen atoms in total. The van der Waals surface area contributed by atoms with E-state index in [1.165, 1.54) is 12.0 Å². The van der Waals surface area contributed by atoms with E-state index >= 15 is 0 Å². The van der Waals surface area contributed by atoms with Crippen molar-refractivity contribution < 1.29 is 24.2 Å². The number of hydrogen-bond acceptors (Lipinski definition) is 4. The number of amides is 1. The van der Waals surface area contributed by atoms with Crippen LogP contribution in [0, 0.1) is 0 Å². The number of rotatable bonds is 5. The number of carboxylic acids is 1. The van der Waals surface area contributed by atoms with Crippen molar-refractivity contribution in [3.63, 3.8) is 0 Å². The Bertz CT molecular complexity index is 502. The molecule has 0 spiro atoms. The molecule has 1 aliphatic heterocycles. The molecule has 1 fully saturated rings. The van der Waals surface area contributed by atoms with Gasteiger partial charge in [-0.2, -0.15) is 0 Å². The molecule has 1 heterocycles. The van der Waals surface area contributed by atoms with Gasteiger partial charge in [-0.1, -0.05) is 12.1 Å². The maximum atomic E-state index is 12.0. The van der Waals surface area contributed by atoms with Gasteiger partial charge >= 0.3 is 5.97 Å². The minimum Gasteiger partial charge on any atom is -0.493 e. The van der Waals surface area contributed by atoms with Gasteiger partial charge in [0.05, 0.1) is 7.11 Å². The predicted octanol–water partition coefficient (Wildman–Crippen LogP) is 1.15. The number of hydrogen-bond donors (Lipinski definition) is 1. The third-order valence-electron chi connectivity index (χ3n) is 3.28. The molecule has 1 N–H and O–H groups in total. The molecule has 1 aromatic carbocycles. The molecule has 1 aliphatic rings. The van der Waals surface area contributed by atoms with Crippen molar-refractivity contribution in [3.8, 4) is 11.5 Å². The number of para-hydroxylation sites is 2. The molecule has 108 valence electrons. The van der Waals surface area contributed by atoms with E-state index in [0.717, 1.165) is 0 Å². The lowest BCUT2D eigenvalue weighted by Crippen LogP contribution is -2.42. The summed E-state index contributed by atoms with van der Waals surface area (Å²) in [5.41, 5.74) is 0. The summed E-state index contributed by atoms with van der Waals surface area (Å²) in [5, 5.41) is 9.05. The van der Waals surface area contributed by atoms with Crippen molar-refractivity contribution >= 4 is 11.9 Å². The van der Waals surface area contributed by atoms with Crippen molar-refractivity contribution in [1.82, 2.24) is 4.90 Å². The number of likely N-dealkylation sites (tertiary alicyclic amines) is 1. The van der Waals surface area contributed by atoms with Crippen LogP contribution in [0.25, 0.3) is 0 Å². The SMILES string of the molecule is COc1ccccc1OCC(=O)N1CCC[C@H]1C(=O)O. The molecule has 2 rings (SSSR count). The molecular weight excluding hydrogens is 262 g/mol. The molecular formula is C14H17NO5. The van der Waals surface area contributed by atoms with E-state index in [1.807, 2.05) is 0 Å². The molecule has 0 bridgehead atoms. The lowest BCUT2D eigenvalue weighted by Gasteiger charge is -2.21. The Kier molecular flexibility index (Phi) is 4.45. The smallest absolute Gasteiger partial charge is 0.326 e. The van der Waals surface area contributed by atoms with Gasteiger partial charge in [0.15, 0.2) is 18.1 Å². The van der Waals surface area contributed by atoms with E-state index in [1.54, 1.807) is 24.3 Å². The second-order valence-corrected chi connectivity index (χ2v) is 4.52. The van der Waals surface area contributed by atoms with Crippen LogP contribution in [0.15, 0.2) is 24.3 Å². The van der Waals surface area contributed by atoms with E-state index in [-0.39, 0.29) is 12.5 Å². The van der Waals surface area contributed by atoms with E-state index in [9.17, 15) is 9.59 Å². The third kappa shape index (κ3) is 3.01. The van der Waals surface area contributed by atoms with Gasteiger partial charge in [0.1, 0.15) is 6.04 Å². The Hall–Kier alpha value is -2.24. The van der Waals surface area contributed by atoms with Crippen LogP contribution in [0.4, 0.5) is 0 Å². The van der Waals surface area contributed by atoms with Crippen LogP contribution in [-0.4, -0.2) is 48.2 Å². The first kappa shape index (κ1) is 14.2. The average molecular weight is 279 g/mol. The molecule has 0 unspecified atom stereocenters. The minimum atomic E-state index is -0.965. The maximum Gasteiger partial charge on any atom is 0.326 e. The van der Waals surface area contributed by atoms with Crippen molar-refractivity contribution in [2.75, 3.05) is 20.3 Å². The highest BCUT2D eigenvalue weighted by Crippen LogP contribution is 2.26. The number of ether oxygens (including phenoxy) is 2. The van der Waals surface area contributed by atoms with Gasteiger partial charge in [-0.15, -0.1) is 0 Å². The Morgan fingerprint density at radius 2 is 2.05 bits per heavy atom. The van der Waals surface area contributed by atoms with Crippen LogP contribution < -0.4 is 9.47 Å². The van der Waals surface area contributed by atoms with Gasteiger partial charge in [0.25, 0.3) is 5.91 Å². The minimum absolute atomic E-state index is 0.190. The fraction of sp³-hybridized carbons (Fsp3) is 0.429. The zero-order chi connectivity index (χ0) is 14.5. The second kappa shape index (κ2) is 6.27. The van der Waals surface area contributed by atoms with Crippen molar-refractivity contribution in [1.29, 1.82) is 0 Å². The fourth-order valence-electron chi connectivity index (χ4n) is 2.28. The Labute approximate surface area is 116 Å². The average Bonchev–Trinajstić information content (AvgIpc) is 2.94. The molecule has 6 heteroatoms. The van der Waals surface area contributed by atoms with Crippen LogP contribution in [0.1, 0.15) is 12.8 Å². The largest absolute Gasteiger partial charge is 0.493 e. The van der Waals surface area contributed by atoms with E-state index < -0.39 is 12.0 Å². The summed E-state index contributed by atoms with van der Waals surface area (Å²) in [5.74, 6) is -0.278. The van der Waals surface area contributed by atoms with Crippen molar-refractivity contribution in [3.05, 3.63) is 24.3 Å². The summed E-state index contributed by atoms with van der Waals surface area (Å²) in [6.45, 7) is 0.273. The van der Waals surface area contributed by atoms with Gasteiger partial charge in [0, 0.05) is 6.54 Å².